The number of carbonyl (C=O) groups excluding carboxylic acids is 1. The molecular weight excluding hydrogens is 254 g/mol. The van der Waals surface area contributed by atoms with E-state index in [0.29, 0.717) is 12.5 Å². The van der Waals surface area contributed by atoms with E-state index in [1.807, 2.05) is 0 Å². The number of hydrogen-bond donors (Lipinski definition) is 2. The Balaban J connectivity index is 2.45. The maximum atomic E-state index is 11.9. The van der Waals surface area contributed by atoms with Crippen molar-refractivity contribution < 1.29 is 14.7 Å². The third-order valence-electron chi connectivity index (χ3n) is 4.63. The van der Waals surface area contributed by atoms with Crippen molar-refractivity contribution in [1.82, 2.24) is 5.32 Å². The van der Waals surface area contributed by atoms with Crippen molar-refractivity contribution in [2.24, 2.45) is 16.7 Å². The van der Waals surface area contributed by atoms with E-state index in [0.717, 1.165) is 0 Å². The van der Waals surface area contributed by atoms with Gasteiger partial charge in [-0.1, -0.05) is 33.1 Å². The normalized spacial score (nSPS) is 17.8. The third kappa shape index (κ3) is 4.80. The highest BCUT2D eigenvalue weighted by Crippen LogP contribution is 2.37. The lowest BCUT2D eigenvalue weighted by Crippen LogP contribution is -2.41. The zero-order valence-electron chi connectivity index (χ0n) is 13.3. The van der Waals surface area contributed by atoms with E-state index < -0.39 is 11.4 Å². The minimum atomic E-state index is -1.00. The number of nitrogens with one attached hydrogen (secondary N) is 1. The van der Waals surface area contributed by atoms with Gasteiger partial charge in [-0.15, -0.1) is 0 Å². The lowest BCUT2D eigenvalue weighted by Gasteiger charge is -2.37. The molecule has 0 atom stereocenters. The van der Waals surface area contributed by atoms with Crippen LogP contribution in [0.2, 0.25) is 0 Å². The fraction of sp³-hybridized carbons (Fsp3) is 0.875. The molecular formula is C16H29NO3. The van der Waals surface area contributed by atoms with Crippen molar-refractivity contribution in [3.8, 4) is 0 Å². The van der Waals surface area contributed by atoms with Gasteiger partial charge in [0.25, 0.3) is 0 Å². The van der Waals surface area contributed by atoms with E-state index in [1.165, 1.54) is 32.1 Å². The summed E-state index contributed by atoms with van der Waals surface area (Å²) in [5, 5.41) is 12.0. The SMILES string of the molecule is CC(C)(CC(=O)NCC(C)(C)C1CCCCC1)C(=O)O. The smallest absolute Gasteiger partial charge is 0.309 e. The Morgan fingerprint density at radius 1 is 1.10 bits per heavy atom. The maximum absolute atomic E-state index is 11.9. The summed E-state index contributed by atoms with van der Waals surface area (Å²) in [5.41, 5.74) is -0.914. The van der Waals surface area contributed by atoms with Crippen LogP contribution in [0.25, 0.3) is 0 Å². The largest absolute Gasteiger partial charge is 0.481 e. The van der Waals surface area contributed by atoms with Crippen molar-refractivity contribution >= 4 is 11.9 Å². The average Bonchev–Trinajstić information content (AvgIpc) is 2.37. The first-order valence-corrected chi connectivity index (χ1v) is 7.65. The van der Waals surface area contributed by atoms with Crippen LogP contribution in [0, 0.1) is 16.7 Å². The van der Waals surface area contributed by atoms with Gasteiger partial charge in [-0.3, -0.25) is 9.59 Å². The topological polar surface area (TPSA) is 66.4 Å². The Morgan fingerprint density at radius 2 is 1.65 bits per heavy atom. The van der Waals surface area contributed by atoms with Crippen molar-refractivity contribution in [2.45, 2.75) is 66.2 Å². The van der Waals surface area contributed by atoms with Crippen molar-refractivity contribution in [1.29, 1.82) is 0 Å². The number of carbonyl (C=O) groups is 2. The second-order valence-corrected chi connectivity index (χ2v) is 7.47. The summed E-state index contributed by atoms with van der Waals surface area (Å²) in [4.78, 5) is 22.9. The van der Waals surface area contributed by atoms with E-state index in [9.17, 15) is 9.59 Å². The Hall–Kier alpha value is -1.06. The second-order valence-electron chi connectivity index (χ2n) is 7.47. The Bertz CT molecular complexity index is 355. The molecule has 1 fully saturated rings. The molecule has 0 unspecified atom stereocenters. The molecule has 1 aliphatic carbocycles. The third-order valence-corrected chi connectivity index (χ3v) is 4.63. The summed E-state index contributed by atoms with van der Waals surface area (Å²) in [6.45, 7) is 8.20. The number of carboxylic acids is 1. The molecule has 0 bridgehead atoms. The molecule has 2 N–H and O–H groups in total. The van der Waals surface area contributed by atoms with E-state index in [2.05, 4.69) is 19.2 Å². The predicted octanol–water partition coefficient (Wildman–Crippen LogP) is 3.21. The Labute approximate surface area is 122 Å². The standard InChI is InChI=1S/C16H29NO3/c1-15(2,14(19)20)10-13(18)17-11-16(3,4)12-8-6-5-7-9-12/h12H,5-11H2,1-4H3,(H,17,18)(H,19,20). The quantitative estimate of drug-likeness (QED) is 0.786. The molecule has 1 saturated carbocycles. The van der Waals surface area contributed by atoms with Gasteiger partial charge >= 0.3 is 5.97 Å². The molecule has 4 nitrogen and oxygen atoms in total. The summed E-state index contributed by atoms with van der Waals surface area (Å²) < 4.78 is 0. The number of carboxylic acid groups (broad SMARTS) is 1. The zero-order chi connectivity index (χ0) is 15.4. The molecule has 4 heteroatoms. The van der Waals surface area contributed by atoms with Crippen molar-refractivity contribution in [3.63, 3.8) is 0 Å². The van der Waals surface area contributed by atoms with Crippen LogP contribution in [0.15, 0.2) is 0 Å². The van der Waals surface area contributed by atoms with Gasteiger partial charge in [0.15, 0.2) is 0 Å². The molecule has 0 aromatic carbocycles. The van der Waals surface area contributed by atoms with E-state index >= 15 is 0 Å². The molecule has 0 aliphatic heterocycles. The molecule has 116 valence electrons. The Morgan fingerprint density at radius 3 is 2.15 bits per heavy atom. The van der Waals surface area contributed by atoms with Crippen LogP contribution in [-0.4, -0.2) is 23.5 Å². The lowest BCUT2D eigenvalue weighted by atomic mass is 9.71. The van der Waals surface area contributed by atoms with E-state index in [-0.39, 0.29) is 17.7 Å². The van der Waals surface area contributed by atoms with Crippen LogP contribution < -0.4 is 5.32 Å². The van der Waals surface area contributed by atoms with Crippen LogP contribution in [0.4, 0.5) is 0 Å². The summed E-state index contributed by atoms with van der Waals surface area (Å²) in [7, 11) is 0. The van der Waals surface area contributed by atoms with E-state index in [1.54, 1.807) is 13.8 Å². The molecule has 0 saturated heterocycles. The molecule has 0 aromatic heterocycles. The average molecular weight is 283 g/mol. The highest BCUT2D eigenvalue weighted by molar-refractivity contribution is 5.84. The van der Waals surface area contributed by atoms with Gasteiger partial charge in [-0.05, 0) is 38.0 Å². The van der Waals surface area contributed by atoms with Gasteiger partial charge in [-0.2, -0.15) is 0 Å². The van der Waals surface area contributed by atoms with Gasteiger partial charge in [0.2, 0.25) is 5.91 Å². The first-order chi connectivity index (χ1) is 9.15. The fourth-order valence-corrected chi connectivity index (χ4v) is 2.89. The fourth-order valence-electron chi connectivity index (χ4n) is 2.89. The predicted molar refractivity (Wildman–Crippen MR) is 79.4 cm³/mol. The van der Waals surface area contributed by atoms with Crippen LogP contribution in [0.3, 0.4) is 0 Å². The second kappa shape index (κ2) is 6.59. The number of rotatable bonds is 6. The molecule has 0 radical (unpaired) electrons. The number of hydrogen-bond acceptors (Lipinski definition) is 2. The first kappa shape index (κ1) is 17.0. The molecule has 20 heavy (non-hydrogen) atoms. The van der Waals surface area contributed by atoms with Gasteiger partial charge in [0, 0.05) is 13.0 Å². The van der Waals surface area contributed by atoms with Gasteiger partial charge < -0.3 is 10.4 Å². The summed E-state index contributed by atoms with van der Waals surface area (Å²) >= 11 is 0. The minimum Gasteiger partial charge on any atom is -0.481 e. The molecule has 0 spiro atoms. The highest BCUT2D eigenvalue weighted by Gasteiger charge is 2.33. The van der Waals surface area contributed by atoms with Crippen molar-refractivity contribution in [2.75, 3.05) is 6.54 Å². The van der Waals surface area contributed by atoms with Crippen LogP contribution in [-0.2, 0) is 9.59 Å². The molecule has 0 aromatic rings. The molecule has 1 amide bonds. The van der Waals surface area contributed by atoms with Gasteiger partial charge in [0.1, 0.15) is 0 Å². The monoisotopic (exact) mass is 283 g/mol. The number of amides is 1. The molecule has 1 rings (SSSR count). The highest BCUT2D eigenvalue weighted by atomic mass is 16.4. The van der Waals surface area contributed by atoms with Crippen molar-refractivity contribution in [3.05, 3.63) is 0 Å². The first-order valence-electron chi connectivity index (χ1n) is 7.65. The van der Waals surface area contributed by atoms with Crippen LogP contribution >= 0.6 is 0 Å². The van der Waals surface area contributed by atoms with Crippen LogP contribution in [0.5, 0.6) is 0 Å². The van der Waals surface area contributed by atoms with E-state index in [4.69, 9.17) is 5.11 Å². The van der Waals surface area contributed by atoms with Crippen LogP contribution in [0.1, 0.15) is 66.2 Å². The summed E-state index contributed by atoms with van der Waals surface area (Å²) in [6.07, 6.45) is 6.41. The maximum Gasteiger partial charge on any atom is 0.309 e. The molecule has 1 aliphatic rings. The zero-order valence-corrected chi connectivity index (χ0v) is 13.3. The molecule has 0 heterocycles. The van der Waals surface area contributed by atoms with Gasteiger partial charge in [-0.25, -0.2) is 0 Å². The Kier molecular flexibility index (Phi) is 5.60. The lowest BCUT2D eigenvalue weighted by molar-refractivity contribution is -0.149. The van der Waals surface area contributed by atoms with Gasteiger partial charge in [0.05, 0.1) is 5.41 Å². The summed E-state index contributed by atoms with van der Waals surface area (Å²) in [5.74, 6) is -0.440. The summed E-state index contributed by atoms with van der Waals surface area (Å²) in [6, 6.07) is 0. The number of aliphatic carboxylic acids is 1. The minimum absolute atomic E-state index is 0.0308.